The second-order valence-electron chi connectivity index (χ2n) is 6.51. The molecule has 1 saturated heterocycles. The van der Waals surface area contributed by atoms with Crippen LogP contribution in [-0.2, 0) is 13.0 Å². The van der Waals surface area contributed by atoms with Crippen molar-refractivity contribution in [3.8, 4) is 0 Å². The van der Waals surface area contributed by atoms with Crippen molar-refractivity contribution >= 4 is 11.8 Å². The van der Waals surface area contributed by atoms with Gasteiger partial charge in [-0.2, -0.15) is 11.8 Å². The van der Waals surface area contributed by atoms with Crippen molar-refractivity contribution in [1.29, 1.82) is 0 Å². The van der Waals surface area contributed by atoms with Crippen LogP contribution in [0.4, 0.5) is 0 Å². The van der Waals surface area contributed by atoms with E-state index in [-0.39, 0.29) is 0 Å². The average Bonchev–Trinajstić information content (AvgIpc) is 2.47. The standard InChI is InChI=1S/C18H30N2S/c1-15(2)12-19-9-8-17-6-4-5-7-18(17)13-20-10-11-21-14-16(20)3/h4-7,15-16,19H,8-14H2,1-3H3. The van der Waals surface area contributed by atoms with Crippen molar-refractivity contribution < 1.29 is 0 Å². The largest absolute Gasteiger partial charge is 0.316 e. The van der Waals surface area contributed by atoms with E-state index >= 15 is 0 Å². The fourth-order valence-corrected chi connectivity index (χ4v) is 3.87. The van der Waals surface area contributed by atoms with Crippen molar-refractivity contribution in [1.82, 2.24) is 10.2 Å². The van der Waals surface area contributed by atoms with E-state index < -0.39 is 0 Å². The normalized spacial score (nSPS) is 20.1. The smallest absolute Gasteiger partial charge is 0.0239 e. The molecule has 1 aliphatic heterocycles. The Balaban J connectivity index is 1.90. The molecule has 0 aromatic heterocycles. The Bertz CT molecular complexity index is 419. The molecule has 1 unspecified atom stereocenters. The van der Waals surface area contributed by atoms with Crippen LogP contribution >= 0.6 is 11.8 Å². The van der Waals surface area contributed by atoms with Gasteiger partial charge in [-0.05, 0) is 43.5 Å². The van der Waals surface area contributed by atoms with Crippen molar-refractivity contribution in [2.24, 2.45) is 5.92 Å². The van der Waals surface area contributed by atoms with Crippen LogP contribution in [0.2, 0.25) is 0 Å². The molecule has 1 fully saturated rings. The minimum absolute atomic E-state index is 0.705. The topological polar surface area (TPSA) is 15.3 Å². The summed E-state index contributed by atoms with van der Waals surface area (Å²) in [5, 5.41) is 3.56. The first-order valence-electron chi connectivity index (χ1n) is 8.26. The van der Waals surface area contributed by atoms with Gasteiger partial charge in [-0.3, -0.25) is 4.90 Å². The van der Waals surface area contributed by atoms with Crippen LogP contribution in [0.1, 0.15) is 31.9 Å². The first-order valence-corrected chi connectivity index (χ1v) is 9.41. The summed E-state index contributed by atoms with van der Waals surface area (Å²) in [6, 6.07) is 9.68. The Morgan fingerprint density at radius 3 is 2.76 bits per heavy atom. The molecule has 1 aromatic rings. The molecule has 0 saturated carbocycles. The van der Waals surface area contributed by atoms with Crippen molar-refractivity contribution in [2.45, 2.75) is 39.8 Å². The lowest BCUT2D eigenvalue weighted by molar-refractivity contribution is 0.223. The molecule has 1 N–H and O–H groups in total. The third-order valence-corrected chi connectivity index (χ3v) is 5.31. The molecular formula is C18H30N2S. The number of hydrogen-bond acceptors (Lipinski definition) is 3. The third-order valence-electron chi connectivity index (χ3n) is 4.12. The summed E-state index contributed by atoms with van der Waals surface area (Å²) in [5.74, 6) is 3.28. The minimum atomic E-state index is 0.705. The lowest BCUT2D eigenvalue weighted by Gasteiger charge is -2.33. The summed E-state index contributed by atoms with van der Waals surface area (Å²) in [6.07, 6.45) is 1.14. The number of nitrogens with zero attached hydrogens (tertiary/aromatic N) is 1. The molecule has 1 aliphatic rings. The molecule has 118 valence electrons. The maximum absolute atomic E-state index is 3.56. The molecule has 0 radical (unpaired) electrons. The quantitative estimate of drug-likeness (QED) is 0.777. The van der Waals surface area contributed by atoms with E-state index in [0.29, 0.717) is 6.04 Å². The van der Waals surface area contributed by atoms with Crippen LogP contribution in [-0.4, -0.2) is 42.1 Å². The van der Waals surface area contributed by atoms with Crippen LogP contribution in [0.5, 0.6) is 0 Å². The zero-order valence-corrected chi connectivity index (χ0v) is 14.6. The van der Waals surface area contributed by atoms with Gasteiger partial charge in [-0.1, -0.05) is 38.1 Å². The Labute approximate surface area is 134 Å². The van der Waals surface area contributed by atoms with E-state index in [9.17, 15) is 0 Å². The molecule has 0 spiro atoms. The number of hydrogen-bond donors (Lipinski definition) is 1. The van der Waals surface area contributed by atoms with Gasteiger partial charge in [0.05, 0.1) is 0 Å². The highest BCUT2D eigenvalue weighted by molar-refractivity contribution is 7.99. The third kappa shape index (κ3) is 5.65. The van der Waals surface area contributed by atoms with E-state index in [4.69, 9.17) is 0 Å². The van der Waals surface area contributed by atoms with E-state index in [1.807, 2.05) is 0 Å². The molecule has 2 rings (SSSR count). The first kappa shape index (κ1) is 16.9. The first-order chi connectivity index (χ1) is 10.2. The van der Waals surface area contributed by atoms with Gasteiger partial charge < -0.3 is 5.32 Å². The molecule has 21 heavy (non-hydrogen) atoms. The molecule has 1 heterocycles. The molecule has 0 aliphatic carbocycles. The van der Waals surface area contributed by atoms with Crippen LogP contribution in [0.15, 0.2) is 24.3 Å². The molecule has 1 aromatic carbocycles. The van der Waals surface area contributed by atoms with Gasteiger partial charge in [0.1, 0.15) is 0 Å². The van der Waals surface area contributed by atoms with E-state index in [0.717, 1.165) is 32.0 Å². The number of rotatable bonds is 7. The summed E-state index contributed by atoms with van der Waals surface area (Å²) in [5.41, 5.74) is 3.03. The molecule has 0 amide bonds. The monoisotopic (exact) mass is 306 g/mol. The molecule has 3 heteroatoms. The fraction of sp³-hybridized carbons (Fsp3) is 0.667. The predicted octanol–water partition coefficient (Wildman–Crippen LogP) is 3.41. The highest BCUT2D eigenvalue weighted by Gasteiger charge is 2.19. The van der Waals surface area contributed by atoms with E-state index in [1.165, 1.54) is 29.2 Å². The molecular weight excluding hydrogens is 276 g/mol. The Hall–Kier alpha value is -0.510. The Kier molecular flexibility index (Phi) is 7.08. The summed E-state index contributed by atoms with van der Waals surface area (Å²) >= 11 is 2.09. The maximum atomic E-state index is 3.56. The van der Waals surface area contributed by atoms with Gasteiger partial charge in [-0.25, -0.2) is 0 Å². The van der Waals surface area contributed by atoms with Gasteiger partial charge in [0, 0.05) is 30.6 Å². The number of nitrogens with one attached hydrogen (secondary N) is 1. The van der Waals surface area contributed by atoms with Gasteiger partial charge in [-0.15, -0.1) is 0 Å². The second kappa shape index (κ2) is 8.82. The van der Waals surface area contributed by atoms with Crippen LogP contribution in [0.25, 0.3) is 0 Å². The highest BCUT2D eigenvalue weighted by atomic mass is 32.2. The van der Waals surface area contributed by atoms with Gasteiger partial charge in [0.25, 0.3) is 0 Å². The second-order valence-corrected chi connectivity index (χ2v) is 7.66. The summed E-state index contributed by atoms with van der Waals surface area (Å²) in [7, 11) is 0. The summed E-state index contributed by atoms with van der Waals surface area (Å²) in [4.78, 5) is 2.64. The summed E-state index contributed by atoms with van der Waals surface area (Å²) in [6.45, 7) is 11.4. The highest BCUT2D eigenvalue weighted by Crippen LogP contribution is 2.20. The molecule has 1 atom stereocenters. The van der Waals surface area contributed by atoms with Gasteiger partial charge in [0.15, 0.2) is 0 Å². The van der Waals surface area contributed by atoms with Crippen LogP contribution < -0.4 is 5.32 Å². The lowest BCUT2D eigenvalue weighted by atomic mass is 10.0. The van der Waals surface area contributed by atoms with Gasteiger partial charge >= 0.3 is 0 Å². The maximum Gasteiger partial charge on any atom is 0.0239 e. The fourth-order valence-electron chi connectivity index (χ4n) is 2.78. The molecule has 0 bridgehead atoms. The molecule has 2 nitrogen and oxygen atoms in total. The van der Waals surface area contributed by atoms with E-state index in [1.54, 1.807) is 0 Å². The predicted molar refractivity (Wildman–Crippen MR) is 95.1 cm³/mol. The number of thioether (sulfide) groups is 1. The van der Waals surface area contributed by atoms with Crippen molar-refractivity contribution in [3.05, 3.63) is 35.4 Å². The minimum Gasteiger partial charge on any atom is -0.316 e. The SMILES string of the molecule is CC(C)CNCCc1ccccc1CN1CCSCC1C. The zero-order chi connectivity index (χ0) is 15.1. The van der Waals surface area contributed by atoms with Crippen molar-refractivity contribution in [3.63, 3.8) is 0 Å². The average molecular weight is 307 g/mol. The van der Waals surface area contributed by atoms with Crippen LogP contribution in [0.3, 0.4) is 0 Å². The Morgan fingerprint density at radius 1 is 1.29 bits per heavy atom. The Morgan fingerprint density at radius 2 is 2.05 bits per heavy atom. The zero-order valence-electron chi connectivity index (χ0n) is 13.8. The summed E-state index contributed by atoms with van der Waals surface area (Å²) < 4.78 is 0. The number of benzene rings is 1. The van der Waals surface area contributed by atoms with E-state index in [2.05, 4.69) is 67.0 Å². The van der Waals surface area contributed by atoms with Gasteiger partial charge in [0.2, 0.25) is 0 Å². The van der Waals surface area contributed by atoms with Crippen molar-refractivity contribution in [2.75, 3.05) is 31.1 Å². The lowest BCUT2D eigenvalue weighted by Crippen LogP contribution is -2.39. The van der Waals surface area contributed by atoms with Crippen LogP contribution in [0, 0.1) is 5.92 Å².